The van der Waals surface area contributed by atoms with Crippen LogP contribution in [0, 0.1) is 11.7 Å². The van der Waals surface area contributed by atoms with Gasteiger partial charge < -0.3 is 19.5 Å². The number of benzene rings is 1. The van der Waals surface area contributed by atoms with Gasteiger partial charge in [0, 0.05) is 13.0 Å². The molecule has 0 radical (unpaired) electrons. The normalized spacial score (nSPS) is 17.8. The molecule has 2 atom stereocenters. The number of β-lactam (4-membered cyclic amide) rings is 1. The first-order valence-electron chi connectivity index (χ1n) is 8.18. The van der Waals surface area contributed by atoms with Crippen LogP contribution in [0.1, 0.15) is 44.2 Å². The van der Waals surface area contributed by atoms with Crippen molar-refractivity contribution in [3.05, 3.63) is 29.6 Å². The van der Waals surface area contributed by atoms with Crippen molar-refractivity contribution < 1.29 is 28.6 Å². The summed E-state index contributed by atoms with van der Waals surface area (Å²) in [7, 11) is 1.34. The van der Waals surface area contributed by atoms with Crippen LogP contribution in [0.25, 0.3) is 0 Å². The summed E-state index contributed by atoms with van der Waals surface area (Å²) in [5, 5.41) is 9.14. The van der Waals surface area contributed by atoms with E-state index in [2.05, 4.69) is 0 Å². The minimum Gasteiger partial charge on any atom is -0.494 e. The summed E-state index contributed by atoms with van der Waals surface area (Å²) in [4.78, 5) is 36.0. The zero-order chi connectivity index (χ0) is 18.6. The average molecular weight is 351 g/mol. The minimum absolute atomic E-state index is 0.0647. The van der Waals surface area contributed by atoms with Gasteiger partial charge in [-0.25, -0.2) is 4.39 Å². The maximum atomic E-state index is 13.9. The zero-order valence-electron chi connectivity index (χ0n) is 14.3. The maximum Gasteiger partial charge on any atom is 0.305 e. The highest BCUT2D eigenvalue weighted by atomic mass is 19.1. The Kier molecular flexibility index (Phi) is 6.12. The van der Waals surface area contributed by atoms with Crippen molar-refractivity contribution in [2.75, 3.05) is 13.7 Å². The van der Waals surface area contributed by atoms with Crippen LogP contribution in [0.15, 0.2) is 18.2 Å². The number of hydrogen-bond acceptors (Lipinski definition) is 4. The van der Waals surface area contributed by atoms with Crippen molar-refractivity contribution in [3.63, 3.8) is 0 Å². The Morgan fingerprint density at radius 2 is 2.16 bits per heavy atom. The number of rotatable bonds is 9. The van der Waals surface area contributed by atoms with Gasteiger partial charge in [-0.3, -0.25) is 9.59 Å². The highest BCUT2D eigenvalue weighted by molar-refractivity contribution is 5.86. The van der Waals surface area contributed by atoms with Crippen molar-refractivity contribution in [2.24, 2.45) is 5.92 Å². The van der Waals surface area contributed by atoms with Gasteiger partial charge in [0.2, 0.25) is 5.91 Å². The molecule has 7 heteroatoms. The van der Waals surface area contributed by atoms with Crippen LogP contribution in [0.2, 0.25) is 0 Å². The third kappa shape index (κ3) is 4.55. The van der Waals surface area contributed by atoms with Crippen molar-refractivity contribution >= 4 is 17.7 Å². The first-order valence-corrected chi connectivity index (χ1v) is 8.18. The first kappa shape index (κ1) is 18.9. The fourth-order valence-electron chi connectivity index (χ4n) is 3.08. The van der Waals surface area contributed by atoms with Crippen LogP contribution in [-0.4, -0.2) is 41.3 Å². The van der Waals surface area contributed by atoms with E-state index in [0.29, 0.717) is 31.4 Å². The molecule has 1 amide bonds. The average Bonchev–Trinajstić information content (AvgIpc) is 2.55. The Bertz CT molecular complexity index is 675. The number of nitrogens with zero attached hydrogens (tertiary/aromatic N) is 1. The summed E-state index contributed by atoms with van der Waals surface area (Å²) in [5.74, 6) is -1.85. The first-order chi connectivity index (χ1) is 11.8. The zero-order valence-corrected chi connectivity index (χ0v) is 14.3. The minimum atomic E-state index is -1.06. The lowest BCUT2D eigenvalue weighted by molar-refractivity contribution is -0.154. The molecule has 136 valence electrons. The topological polar surface area (TPSA) is 83.9 Å². The monoisotopic (exact) mass is 351 g/mol. The number of halogens is 1. The molecule has 1 aliphatic rings. The Hall–Kier alpha value is -2.44. The van der Waals surface area contributed by atoms with Crippen LogP contribution >= 0.6 is 0 Å². The number of ketones is 1. The van der Waals surface area contributed by atoms with Gasteiger partial charge >= 0.3 is 5.97 Å². The Morgan fingerprint density at radius 1 is 1.44 bits per heavy atom. The molecule has 0 unspecified atom stereocenters. The fourth-order valence-corrected chi connectivity index (χ4v) is 3.08. The Labute approximate surface area is 145 Å². The number of carbonyl (C=O) groups is 3. The molecule has 2 rings (SSSR count). The van der Waals surface area contributed by atoms with E-state index >= 15 is 0 Å². The third-order valence-corrected chi connectivity index (χ3v) is 4.44. The molecule has 0 saturated carbocycles. The number of amides is 1. The second-order valence-corrected chi connectivity index (χ2v) is 6.29. The number of Topliss-reactive ketones (excluding diaryl/α,β-unsaturated/α-hetero) is 1. The van der Waals surface area contributed by atoms with Gasteiger partial charge in [0.15, 0.2) is 11.6 Å². The highest BCUT2D eigenvalue weighted by Crippen LogP contribution is 2.35. The number of methoxy groups -OCH3 is 1. The molecule has 0 bridgehead atoms. The van der Waals surface area contributed by atoms with Gasteiger partial charge in [0.1, 0.15) is 5.78 Å². The maximum absolute atomic E-state index is 13.9. The quantitative estimate of drug-likeness (QED) is 0.691. The summed E-state index contributed by atoms with van der Waals surface area (Å²) in [6.45, 7) is 1.93. The predicted octanol–water partition coefficient (Wildman–Crippen LogP) is 2.57. The van der Waals surface area contributed by atoms with Gasteiger partial charge in [0.05, 0.1) is 25.5 Å². The SMILES string of the molecule is COc1ccc([C@H](CC(=O)O)N2C[C@H](CCCC(C)=O)C2=O)cc1F. The fraction of sp³-hybridized carbons (Fsp3) is 0.500. The van der Waals surface area contributed by atoms with Gasteiger partial charge in [0.25, 0.3) is 0 Å². The summed E-state index contributed by atoms with van der Waals surface area (Å²) in [5.41, 5.74) is 0.427. The lowest BCUT2D eigenvalue weighted by Crippen LogP contribution is -2.54. The van der Waals surface area contributed by atoms with Crippen LogP contribution in [0.4, 0.5) is 4.39 Å². The van der Waals surface area contributed by atoms with Gasteiger partial charge in [-0.15, -0.1) is 0 Å². The molecule has 0 spiro atoms. The van der Waals surface area contributed by atoms with E-state index in [4.69, 9.17) is 9.84 Å². The van der Waals surface area contributed by atoms with Gasteiger partial charge in [-0.1, -0.05) is 6.07 Å². The van der Waals surface area contributed by atoms with Crippen molar-refractivity contribution in [2.45, 2.75) is 38.6 Å². The van der Waals surface area contributed by atoms with Crippen molar-refractivity contribution in [1.29, 1.82) is 0 Å². The van der Waals surface area contributed by atoms with Crippen LogP contribution in [0.3, 0.4) is 0 Å². The second-order valence-electron chi connectivity index (χ2n) is 6.29. The lowest BCUT2D eigenvalue weighted by Gasteiger charge is -2.43. The molecule has 1 aliphatic heterocycles. The lowest BCUT2D eigenvalue weighted by atomic mass is 9.88. The summed E-state index contributed by atoms with van der Waals surface area (Å²) >= 11 is 0. The molecule has 1 aromatic rings. The smallest absolute Gasteiger partial charge is 0.305 e. The van der Waals surface area contributed by atoms with Crippen LogP contribution < -0.4 is 4.74 Å². The molecule has 1 heterocycles. The van der Waals surface area contributed by atoms with E-state index in [1.54, 1.807) is 6.07 Å². The standard InChI is InChI=1S/C18H22FNO5/c1-11(21)4-3-5-13-10-20(18(13)24)15(9-17(22)23)12-6-7-16(25-2)14(19)8-12/h6-8,13,15H,3-5,9-10H2,1-2H3,(H,22,23)/t13-,15-/m0/s1. The van der Waals surface area contributed by atoms with E-state index < -0.39 is 17.8 Å². The molecule has 0 aliphatic carbocycles. The summed E-state index contributed by atoms with van der Waals surface area (Å²) in [6, 6.07) is 3.50. The summed E-state index contributed by atoms with van der Waals surface area (Å²) < 4.78 is 18.8. The molecule has 6 nitrogen and oxygen atoms in total. The van der Waals surface area contributed by atoms with E-state index in [-0.39, 0.29) is 29.8 Å². The second kappa shape index (κ2) is 8.09. The van der Waals surface area contributed by atoms with E-state index in [1.807, 2.05) is 0 Å². The molecule has 25 heavy (non-hydrogen) atoms. The molecule has 1 fully saturated rings. The van der Waals surface area contributed by atoms with E-state index in [0.717, 1.165) is 0 Å². The van der Waals surface area contributed by atoms with E-state index in [1.165, 1.54) is 31.1 Å². The van der Waals surface area contributed by atoms with Crippen molar-refractivity contribution in [1.82, 2.24) is 4.90 Å². The number of aliphatic carboxylic acids is 1. The molecule has 1 N–H and O–H groups in total. The Morgan fingerprint density at radius 3 is 2.68 bits per heavy atom. The largest absolute Gasteiger partial charge is 0.494 e. The molecule has 1 aromatic carbocycles. The number of likely N-dealkylation sites (tertiary alicyclic amines) is 1. The number of hydrogen-bond donors (Lipinski definition) is 1. The number of carbonyl (C=O) groups excluding carboxylic acids is 2. The number of carboxylic acids is 1. The van der Waals surface area contributed by atoms with Crippen LogP contribution in [0.5, 0.6) is 5.75 Å². The van der Waals surface area contributed by atoms with Crippen molar-refractivity contribution in [3.8, 4) is 5.75 Å². The van der Waals surface area contributed by atoms with E-state index in [9.17, 15) is 18.8 Å². The summed E-state index contributed by atoms with van der Waals surface area (Å²) in [6.07, 6.45) is 1.38. The predicted molar refractivity (Wildman–Crippen MR) is 87.7 cm³/mol. The van der Waals surface area contributed by atoms with Gasteiger partial charge in [-0.05, 0) is 37.5 Å². The number of ether oxygens (including phenoxy) is 1. The highest BCUT2D eigenvalue weighted by Gasteiger charge is 2.41. The molecule has 0 aromatic heterocycles. The molecular weight excluding hydrogens is 329 g/mol. The van der Waals surface area contributed by atoms with Gasteiger partial charge in [-0.2, -0.15) is 0 Å². The van der Waals surface area contributed by atoms with Crippen LogP contribution in [-0.2, 0) is 14.4 Å². The third-order valence-electron chi connectivity index (χ3n) is 4.44. The number of carboxylic acid groups (broad SMARTS) is 1. The Balaban J connectivity index is 2.09. The molecule has 1 saturated heterocycles. The molecular formula is C18H22FNO5.